The van der Waals surface area contributed by atoms with E-state index in [1.165, 1.54) is 24.1 Å². The molecule has 1 aliphatic rings. The van der Waals surface area contributed by atoms with Crippen LogP contribution in [0.3, 0.4) is 0 Å². The second-order valence-corrected chi connectivity index (χ2v) is 7.48. The van der Waals surface area contributed by atoms with Crippen molar-refractivity contribution in [3.8, 4) is 5.75 Å². The van der Waals surface area contributed by atoms with Gasteiger partial charge in [0.1, 0.15) is 5.75 Å². The summed E-state index contributed by atoms with van der Waals surface area (Å²) in [6.07, 6.45) is 5.11. The van der Waals surface area contributed by atoms with Crippen molar-refractivity contribution < 1.29 is 4.74 Å². The van der Waals surface area contributed by atoms with Gasteiger partial charge in [0, 0.05) is 43.0 Å². The Morgan fingerprint density at radius 2 is 1.93 bits per heavy atom. The zero-order valence-electron chi connectivity index (χ0n) is 16.4. The first-order valence-corrected chi connectivity index (χ1v) is 10.0. The van der Waals surface area contributed by atoms with E-state index in [-0.39, 0.29) is 0 Å². The fourth-order valence-corrected chi connectivity index (χ4v) is 3.98. The Morgan fingerprint density at radius 1 is 1.04 bits per heavy atom. The molecule has 0 aliphatic carbocycles. The number of likely N-dealkylation sites (tertiary alicyclic amines) is 1. The summed E-state index contributed by atoms with van der Waals surface area (Å²) in [6, 6.07) is 20.8. The van der Waals surface area contributed by atoms with Crippen molar-refractivity contribution in [2.45, 2.75) is 31.7 Å². The maximum atomic E-state index is 5.34. The molecule has 4 rings (SSSR count). The van der Waals surface area contributed by atoms with Crippen LogP contribution in [0, 0.1) is 0 Å². The average molecular weight is 374 g/mol. The molecule has 0 amide bonds. The number of pyridine rings is 2. The van der Waals surface area contributed by atoms with E-state index in [1.807, 2.05) is 24.4 Å². The number of rotatable bonds is 6. The van der Waals surface area contributed by atoms with Crippen LogP contribution >= 0.6 is 0 Å². The molecule has 0 unspecified atom stereocenters. The van der Waals surface area contributed by atoms with E-state index in [0.29, 0.717) is 5.92 Å². The lowest BCUT2D eigenvalue weighted by atomic mass is 9.93. The van der Waals surface area contributed by atoms with Gasteiger partial charge in [0.2, 0.25) is 0 Å². The monoisotopic (exact) mass is 373 g/mol. The highest BCUT2D eigenvalue weighted by Gasteiger charge is 2.22. The lowest BCUT2D eigenvalue weighted by Gasteiger charge is -2.32. The molecule has 1 fully saturated rings. The molecule has 1 saturated heterocycles. The topological polar surface area (TPSA) is 38.2 Å². The van der Waals surface area contributed by atoms with Crippen molar-refractivity contribution in [1.29, 1.82) is 0 Å². The Balaban J connectivity index is 1.44. The van der Waals surface area contributed by atoms with Crippen LogP contribution < -0.4 is 4.74 Å². The van der Waals surface area contributed by atoms with Crippen LogP contribution in [0.1, 0.15) is 41.4 Å². The summed E-state index contributed by atoms with van der Waals surface area (Å²) >= 11 is 0. The molecule has 4 heteroatoms. The van der Waals surface area contributed by atoms with Crippen molar-refractivity contribution >= 4 is 0 Å². The molecule has 2 aromatic heterocycles. The van der Waals surface area contributed by atoms with Gasteiger partial charge in [-0.05, 0) is 61.3 Å². The van der Waals surface area contributed by atoms with Crippen molar-refractivity contribution in [3.05, 3.63) is 89.5 Å². The summed E-state index contributed by atoms with van der Waals surface area (Å²) in [4.78, 5) is 12.0. The van der Waals surface area contributed by atoms with Gasteiger partial charge < -0.3 is 4.74 Å². The number of piperidine rings is 1. The van der Waals surface area contributed by atoms with E-state index < -0.39 is 0 Å². The van der Waals surface area contributed by atoms with Gasteiger partial charge >= 0.3 is 0 Å². The van der Waals surface area contributed by atoms with Gasteiger partial charge in [0.15, 0.2) is 0 Å². The van der Waals surface area contributed by atoms with Crippen molar-refractivity contribution in [2.75, 3.05) is 20.2 Å². The molecule has 0 radical (unpaired) electrons. The Labute approximate surface area is 167 Å². The van der Waals surface area contributed by atoms with Crippen LogP contribution in [0.15, 0.2) is 66.9 Å². The number of nitrogens with zero attached hydrogens (tertiary/aromatic N) is 3. The van der Waals surface area contributed by atoms with Crippen LogP contribution in [0.5, 0.6) is 5.75 Å². The first-order valence-electron chi connectivity index (χ1n) is 10.0. The van der Waals surface area contributed by atoms with Gasteiger partial charge in [-0.1, -0.05) is 24.3 Å². The predicted octanol–water partition coefficient (Wildman–Crippen LogP) is 4.46. The average Bonchev–Trinajstić information content (AvgIpc) is 2.75. The third kappa shape index (κ3) is 4.76. The zero-order valence-corrected chi connectivity index (χ0v) is 16.4. The molecule has 0 N–H and O–H groups in total. The molecule has 144 valence electrons. The highest BCUT2D eigenvalue weighted by molar-refractivity contribution is 5.31. The molecular weight excluding hydrogens is 346 g/mol. The third-order valence-electron chi connectivity index (χ3n) is 5.38. The second-order valence-electron chi connectivity index (χ2n) is 7.48. The quantitative estimate of drug-likeness (QED) is 0.640. The summed E-state index contributed by atoms with van der Waals surface area (Å²) in [5.74, 6) is 1.38. The van der Waals surface area contributed by atoms with Gasteiger partial charge in [0.25, 0.3) is 0 Å². The maximum absolute atomic E-state index is 5.34. The van der Waals surface area contributed by atoms with E-state index >= 15 is 0 Å². The number of ether oxygens (including phenoxy) is 1. The second kappa shape index (κ2) is 8.98. The van der Waals surface area contributed by atoms with Gasteiger partial charge in [-0.3, -0.25) is 14.9 Å². The van der Waals surface area contributed by atoms with Crippen LogP contribution in [0.25, 0.3) is 0 Å². The molecule has 0 spiro atoms. The highest BCUT2D eigenvalue weighted by atomic mass is 16.5. The number of aromatic nitrogens is 2. The minimum Gasteiger partial charge on any atom is -0.497 e. The molecule has 28 heavy (non-hydrogen) atoms. The normalized spacial score (nSPS) is 17.4. The lowest BCUT2D eigenvalue weighted by Crippen LogP contribution is -2.34. The SMILES string of the molecule is COc1cccc(Cc2cccc([C@H]3CCCN(Cc4ccccn4)C3)n2)c1. The van der Waals surface area contributed by atoms with Gasteiger partial charge in [0.05, 0.1) is 12.8 Å². The first-order chi connectivity index (χ1) is 13.8. The fourth-order valence-electron chi connectivity index (χ4n) is 3.98. The Hall–Kier alpha value is -2.72. The minimum absolute atomic E-state index is 0.489. The molecule has 3 aromatic rings. The first kappa shape index (κ1) is 18.6. The largest absolute Gasteiger partial charge is 0.497 e. The van der Waals surface area contributed by atoms with Crippen molar-refractivity contribution in [3.63, 3.8) is 0 Å². The van der Waals surface area contributed by atoms with E-state index in [1.54, 1.807) is 7.11 Å². The molecule has 3 heterocycles. The number of methoxy groups -OCH3 is 1. The molecule has 1 atom stereocenters. The lowest BCUT2D eigenvalue weighted by molar-refractivity contribution is 0.196. The van der Waals surface area contributed by atoms with E-state index in [9.17, 15) is 0 Å². The molecule has 1 aromatic carbocycles. The summed E-state index contributed by atoms with van der Waals surface area (Å²) in [7, 11) is 1.71. The number of benzene rings is 1. The van der Waals surface area contributed by atoms with Gasteiger partial charge in [-0.2, -0.15) is 0 Å². The highest BCUT2D eigenvalue weighted by Crippen LogP contribution is 2.27. The molecule has 1 aliphatic heterocycles. The van der Waals surface area contributed by atoms with E-state index in [4.69, 9.17) is 9.72 Å². The predicted molar refractivity (Wildman–Crippen MR) is 112 cm³/mol. The van der Waals surface area contributed by atoms with E-state index in [0.717, 1.165) is 43.2 Å². The summed E-state index contributed by atoms with van der Waals surface area (Å²) in [6.45, 7) is 3.10. The zero-order chi connectivity index (χ0) is 19.2. The van der Waals surface area contributed by atoms with Crippen LogP contribution in [0.2, 0.25) is 0 Å². The summed E-state index contributed by atoms with van der Waals surface area (Å²) < 4.78 is 5.34. The third-order valence-corrected chi connectivity index (χ3v) is 5.38. The number of hydrogen-bond donors (Lipinski definition) is 0. The maximum Gasteiger partial charge on any atom is 0.119 e. The fraction of sp³-hybridized carbons (Fsp3) is 0.333. The van der Waals surface area contributed by atoms with Crippen molar-refractivity contribution in [1.82, 2.24) is 14.9 Å². The van der Waals surface area contributed by atoms with Gasteiger partial charge in [-0.25, -0.2) is 0 Å². The molecular formula is C24H27N3O. The summed E-state index contributed by atoms with van der Waals surface area (Å²) in [5.41, 5.74) is 4.70. The molecule has 0 bridgehead atoms. The smallest absolute Gasteiger partial charge is 0.119 e. The number of hydrogen-bond acceptors (Lipinski definition) is 4. The Morgan fingerprint density at radius 3 is 2.79 bits per heavy atom. The summed E-state index contributed by atoms with van der Waals surface area (Å²) in [5, 5.41) is 0. The van der Waals surface area contributed by atoms with E-state index in [2.05, 4.69) is 52.3 Å². The van der Waals surface area contributed by atoms with Crippen LogP contribution in [-0.2, 0) is 13.0 Å². The van der Waals surface area contributed by atoms with Crippen molar-refractivity contribution in [2.24, 2.45) is 0 Å². The molecule has 4 nitrogen and oxygen atoms in total. The standard InChI is InChI=1S/C24H27N3O/c1-28-23-11-4-7-19(16-23)15-21-10-5-12-24(26-21)20-8-6-14-27(17-20)18-22-9-2-3-13-25-22/h2-5,7,9-13,16,20H,6,8,14-15,17-18H2,1H3/t20-/m0/s1. The van der Waals surface area contributed by atoms with Crippen LogP contribution in [0.4, 0.5) is 0 Å². The molecule has 0 saturated carbocycles. The minimum atomic E-state index is 0.489. The Bertz CT molecular complexity index is 897. The Kier molecular flexibility index (Phi) is 5.98. The van der Waals surface area contributed by atoms with Crippen LogP contribution in [-0.4, -0.2) is 35.1 Å². The van der Waals surface area contributed by atoms with Gasteiger partial charge in [-0.15, -0.1) is 0 Å².